The number of hydrogen-bond donors (Lipinski definition) is 2. The fourth-order valence-corrected chi connectivity index (χ4v) is 3.40. The predicted octanol–water partition coefficient (Wildman–Crippen LogP) is 5.14. The number of nitrogens with one attached hydrogen (secondary N) is 1. The Labute approximate surface area is 176 Å². The molecule has 0 spiro atoms. The molecule has 0 aliphatic heterocycles. The van der Waals surface area contributed by atoms with Crippen molar-refractivity contribution in [3.8, 4) is 11.1 Å². The number of halogens is 2. The molecule has 0 radical (unpaired) electrons. The zero-order valence-electron chi connectivity index (χ0n) is 15.3. The number of fused-ring (bicyclic) bond motifs is 1. The number of pyridine rings is 1. The molecule has 3 N–H and O–H groups in total. The molecule has 2 aromatic carbocycles. The lowest BCUT2D eigenvalue weighted by Gasteiger charge is -2.11. The molecule has 4 rings (SSSR count). The second kappa shape index (κ2) is 7.66. The fourth-order valence-electron chi connectivity index (χ4n) is 2.98. The first-order valence-corrected chi connectivity index (χ1v) is 9.42. The Morgan fingerprint density at radius 3 is 2.66 bits per heavy atom. The molecule has 144 valence electrons. The smallest absolute Gasteiger partial charge is 0.256 e. The molecule has 0 unspecified atom stereocenters. The van der Waals surface area contributed by atoms with Gasteiger partial charge in [-0.25, -0.2) is 15.0 Å². The van der Waals surface area contributed by atoms with E-state index in [1.165, 1.54) is 12.3 Å². The number of carbonyl (C=O) groups excluding carboxylic acids is 1. The molecular weight excluding hydrogens is 409 g/mol. The third-order valence-electron chi connectivity index (χ3n) is 4.45. The van der Waals surface area contributed by atoms with Crippen molar-refractivity contribution < 1.29 is 4.79 Å². The van der Waals surface area contributed by atoms with Crippen molar-refractivity contribution in [3.05, 3.63) is 76.0 Å². The topological polar surface area (TPSA) is 93.8 Å². The summed E-state index contributed by atoms with van der Waals surface area (Å²) in [5.74, 6) is 0.165. The van der Waals surface area contributed by atoms with Gasteiger partial charge in [-0.05, 0) is 53.9 Å². The number of aryl methyl sites for hydroxylation is 1. The van der Waals surface area contributed by atoms with Crippen LogP contribution < -0.4 is 11.1 Å². The second-order valence-corrected chi connectivity index (χ2v) is 7.31. The highest BCUT2D eigenvalue weighted by molar-refractivity contribution is 6.36. The number of carbonyl (C=O) groups is 1. The molecule has 0 aliphatic carbocycles. The van der Waals surface area contributed by atoms with Gasteiger partial charge < -0.3 is 11.1 Å². The number of nitrogens with two attached hydrogens (primary N) is 1. The van der Waals surface area contributed by atoms with Crippen LogP contribution in [0.15, 0.2) is 54.9 Å². The lowest BCUT2D eigenvalue weighted by molar-refractivity contribution is 0.102. The van der Waals surface area contributed by atoms with E-state index >= 15 is 0 Å². The minimum Gasteiger partial charge on any atom is -0.368 e. The van der Waals surface area contributed by atoms with Crippen molar-refractivity contribution in [2.75, 3.05) is 11.1 Å². The summed E-state index contributed by atoms with van der Waals surface area (Å²) in [6.07, 6.45) is 3.11. The van der Waals surface area contributed by atoms with Gasteiger partial charge in [-0.15, -0.1) is 0 Å². The van der Waals surface area contributed by atoms with E-state index in [1.807, 2.05) is 37.3 Å². The predicted molar refractivity (Wildman–Crippen MR) is 116 cm³/mol. The first-order chi connectivity index (χ1) is 13.9. The van der Waals surface area contributed by atoms with Crippen LogP contribution in [0.1, 0.15) is 15.9 Å². The van der Waals surface area contributed by atoms with Gasteiger partial charge in [0.25, 0.3) is 5.91 Å². The van der Waals surface area contributed by atoms with Crippen LogP contribution >= 0.6 is 23.2 Å². The van der Waals surface area contributed by atoms with E-state index in [-0.39, 0.29) is 22.7 Å². The second-order valence-electron chi connectivity index (χ2n) is 6.47. The maximum atomic E-state index is 12.7. The van der Waals surface area contributed by atoms with Gasteiger partial charge in [0, 0.05) is 23.3 Å². The van der Waals surface area contributed by atoms with Crippen molar-refractivity contribution in [2.45, 2.75) is 6.92 Å². The van der Waals surface area contributed by atoms with Crippen LogP contribution in [0.5, 0.6) is 0 Å². The number of hydrogen-bond acceptors (Lipinski definition) is 5. The molecule has 0 saturated carbocycles. The maximum Gasteiger partial charge on any atom is 0.256 e. The summed E-state index contributed by atoms with van der Waals surface area (Å²) in [6, 6.07) is 12.8. The number of nitrogen functional groups attached to an aromatic ring is 1. The Morgan fingerprint density at radius 1 is 1.03 bits per heavy atom. The van der Waals surface area contributed by atoms with Gasteiger partial charge in [-0.1, -0.05) is 35.3 Å². The summed E-state index contributed by atoms with van der Waals surface area (Å²) in [4.78, 5) is 25.0. The minimum atomic E-state index is -0.320. The van der Waals surface area contributed by atoms with Gasteiger partial charge in [-0.3, -0.25) is 4.79 Å². The van der Waals surface area contributed by atoms with Crippen LogP contribution in [0, 0.1) is 6.92 Å². The quantitative estimate of drug-likeness (QED) is 0.475. The highest BCUT2D eigenvalue weighted by Gasteiger charge is 2.13. The third-order valence-corrected chi connectivity index (χ3v) is 4.94. The van der Waals surface area contributed by atoms with Gasteiger partial charge in [0.2, 0.25) is 5.95 Å². The summed E-state index contributed by atoms with van der Waals surface area (Å²) in [7, 11) is 0. The van der Waals surface area contributed by atoms with Crippen LogP contribution in [-0.4, -0.2) is 20.9 Å². The number of aromatic nitrogens is 3. The van der Waals surface area contributed by atoms with Crippen LogP contribution in [0.3, 0.4) is 0 Å². The third kappa shape index (κ3) is 3.99. The van der Waals surface area contributed by atoms with E-state index in [9.17, 15) is 4.79 Å². The van der Waals surface area contributed by atoms with Gasteiger partial charge in [0.1, 0.15) is 0 Å². The molecule has 4 aromatic rings. The molecule has 6 nitrogen and oxygen atoms in total. The minimum absolute atomic E-state index is 0.231. The fraction of sp³-hybridized carbons (Fsp3) is 0.0476. The van der Waals surface area contributed by atoms with Crippen LogP contribution in [0.4, 0.5) is 11.8 Å². The van der Waals surface area contributed by atoms with E-state index < -0.39 is 0 Å². The molecule has 1 amide bonds. The summed E-state index contributed by atoms with van der Waals surface area (Å²) in [5.41, 5.74) is 9.78. The van der Waals surface area contributed by atoms with Crippen molar-refractivity contribution >= 4 is 51.8 Å². The molecule has 0 fully saturated rings. The number of amides is 1. The molecule has 0 bridgehead atoms. The molecule has 0 saturated heterocycles. The Bertz CT molecular complexity index is 1260. The average molecular weight is 424 g/mol. The summed E-state index contributed by atoms with van der Waals surface area (Å²) < 4.78 is 0. The van der Waals surface area contributed by atoms with E-state index in [4.69, 9.17) is 28.9 Å². The molecule has 29 heavy (non-hydrogen) atoms. The maximum absolute atomic E-state index is 12.7. The first-order valence-electron chi connectivity index (χ1n) is 8.66. The largest absolute Gasteiger partial charge is 0.368 e. The molecule has 2 heterocycles. The van der Waals surface area contributed by atoms with Crippen LogP contribution in [-0.2, 0) is 0 Å². The van der Waals surface area contributed by atoms with E-state index in [2.05, 4.69) is 20.3 Å². The first kappa shape index (κ1) is 19.1. The summed E-state index contributed by atoms with van der Waals surface area (Å²) in [5, 5.41) is 4.24. The Hall–Kier alpha value is -3.22. The molecule has 0 aliphatic rings. The van der Waals surface area contributed by atoms with Gasteiger partial charge in [0.05, 0.1) is 15.6 Å². The number of nitrogens with zero attached hydrogens (tertiary/aromatic N) is 3. The van der Waals surface area contributed by atoms with E-state index in [1.54, 1.807) is 12.3 Å². The Morgan fingerprint density at radius 2 is 1.86 bits per heavy atom. The molecule has 2 aromatic heterocycles. The number of benzene rings is 2. The zero-order valence-corrected chi connectivity index (χ0v) is 16.8. The lowest BCUT2D eigenvalue weighted by Crippen LogP contribution is -2.13. The summed E-state index contributed by atoms with van der Waals surface area (Å²) in [6.45, 7) is 1.98. The number of rotatable bonds is 3. The normalized spacial score (nSPS) is 10.9. The average Bonchev–Trinajstić information content (AvgIpc) is 2.70. The van der Waals surface area contributed by atoms with Crippen molar-refractivity contribution in [1.29, 1.82) is 0 Å². The van der Waals surface area contributed by atoms with Crippen molar-refractivity contribution in [2.24, 2.45) is 0 Å². The molecule has 8 heteroatoms. The zero-order chi connectivity index (χ0) is 20.5. The number of anilines is 2. The highest BCUT2D eigenvalue weighted by atomic mass is 35.5. The van der Waals surface area contributed by atoms with Crippen LogP contribution in [0.2, 0.25) is 10.0 Å². The van der Waals surface area contributed by atoms with Gasteiger partial charge in [-0.2, -0.15) is 0 Å². The molecular formula is C21H15Cl2N5O. The summed E-state index contributed by atoms with van der Waals surface area (Å²) >= 11 is 11.9. The monoisotopic (exact) mass is 423 g/mol. The van der Waals surface area contributed by atoms with E-state index in [0.29, 0.717) is 10.6 Å². The van der Waals surface area contributed by atoms with Crippen molar-refractivity contribution in [3.63, 3.8) is 0 Å². The molecule has 0 atom stereocenters. The van der Waals surface area contributed by atoms with Crippen LogP contribution in [0.25, 0.3) is 22.0 Å². The standard InChI is InChI=1S/C21H15Cl2N5O/c1-11-2-3-13(20(29)28-19-17(23)8-15(22)10-25-19)7-16(11)12-4-5-18-14(6-12)9-26-21(24)27-18/h2-10H,1H3,(H2,24,26,27)(H,25,28,29). The van der Waals surface area contributed by atoms with Gasteiger partial charge in [0.15, 0.2) is 5.82 Å². The SMILES string of the molecule is Cc1ccc(C(=O)Nc2ncc(Cl)cc2Cl)cc1-c1ccc2nc(N)ncc2c1. The highest BCUT2D eigenvalue weighted by Crippen LogP contribution is 2.28. The lowest BCUT2D eigenvalue weighted by atomic mass is 9.97. The van der Waals surface area contributed by atoms with Gasteiger partial charge >= 0.3 is 0 Å². The Kier molecular flexibility index (Phi) is 5.05. The van der Waals surface area contributed by atoms with Crippen molar-refractivity contribution in [1.82, 2.24) is 15.0 Å². The van der Waals surface area contributed by atoms with E-state index in [0.717, 1.165) is 27.6 Å². The Balaban J connectivity index is 1.68.